The maximum atomic E-state index is 5.85. The zero-order valence-corrected chi connectivity index (χ0v) is 13.9. The molecule has 0 aliphatic carbocycles. The van der Waals surface area contributed by atoms with E-state index in [0.717, 1.165) is 37.5 Å². The molecule has 0 aromatic heterocycles. The normalized spacial score (nSPS) is 17.8. The van der Waals surface area contributed by atoms with Crippen LogP contribution in [0.4, 0.5) is 5.69 Å². The Morgan fingerprint density at radius 3 is 2.57 bits per heavy atom. The monoisotopic (exact) mass is 286 g/mol. The van der Waals surface area contributed by atoms with Crippen LogP contribution in [0, 0.1) is 18.8 Å². The molecular formula is C19H30N2. The Labute approximate surface area is 130 Å². The molecule has 0 saturated carbocycles. The summed E-state index contributed by atoms with van der Waals surface area (Å²) in [6.07, 6.45) is 4.69. The van der Waals surface area contributed by atoms with Crippen LogP contribution in [0.1, 0.15) is 44.2 Å². The van der Waals surface area contributed by atoms with Crippen LogP contribution in [0.15, 0.2) is 30.5 Å². The van der Waals surface area contributed by atoms with Crippen LogP contribution in [0.5, 0.6) is 0 Å². The Bertz CT molecular complexity index is 484. The molecule has 2 rings (SSSR count). The van der Waals surface area contributed by atoms with Gasteiger partial charge in [0.15, 0.2) is 0 Å². The third-order valence-corrected chi connectivity index (χ3v) is 4.90. The van der Waals surface area contributed by atoms with E-state index in [4.69, 9.17) is 5.73 Å². The second kappa shape index (κ2) is 7.02. The Kier molecular flexibility index (Phi) is 5.33. The SMILES string of the molecule is C=C(N)C1CCN(c2ccc(CC(C)CC)cc2C)CC1. The van der Waals surface area contributed by atoms with Gasteiger partial charge in [0.25, 0.3) is 0 Å². The lowest BCUT2D eigenvalue weighted by Crippen LogP contribution is -2.35. The van der Waals surface area contributed by atoms with Gasteiger partial charge in [-0.05, 0) is 49.3 Å². The lowest BCUT2D eigenvalue weighted by Gasteiger charge is -2.34. The van der Waals surface area contributed by atoms with E-state index < -0.39 is 0 Å². The Morgan fingerprint density at radius 1 is 1.38 bits per heavy atom. The van der Waals surface area contributed by atoms with Gasteiger partial charge in [0, 0.05) is 30.4 Å². The van der Waals surface area contributed by atoms with E-state index in [1.165, 1.54) is 29.7 Å². The van der Waals surface area contributed by atoms with Crippen LogP contribution in [0.3, 0.4) is 0 Å². The van der Waals surface area contributed by atoms with Crippen molar-refractivity contribution in [2.45, 2.75) is 46.5 Å². The fourth-order valence-corrected chi connectivity index (χ4v) is 3.24. The molecule has 0 bridgehead atoms. The van der Waals surface area contributed by atoms with Gasteiger partial charge in [-0.2, -0.15) is 0 Å². The standard InChI is InChI=1S/C19H30N2/c1-5-14(2)12-17-6-7-19(15(3)13-17)21-10-8-18(9-11-21)16(4)20/h6-7,13-14,18H,4-5,8-12,20H2,1-3H3. The number of hydrogen-bond acceptors (Lipinski definition) is 2. The zero-order valence-electron chi connectivity index (χ0n) is 13.9. The number of rotatable bonds is 5. The summed E-state index contributed by atoms with van der Waals surface area (Å²) in [5.41, 5.74) is 11.0. The average Bonchev–Trinajstić information content (AvgIpc) is 2.47. The van der Waals surface area contributed by atoms with Gasteiger partial charge < -0.3 is 10.6 Å². The molecule has 1 heterocycles. The van der Waals surface area contributed by atoms with Crippen molar-refractivity contribution in [3.63, 3.8) is 0 Å². The molecular weight excluding hydrogens is 256 g/mol. The van der Waals surface area contributed by atoms with E-state index in [0.29, 0.717) is 5.92 Å². The first-order valence-corrected chi connectivity index (χ1v) is 8.30. The van der Waals surface area contributed by atoms with Crippen molar-refractivity contribution >= 4 is 5.69 Å². The first kappa shape index (κ1) is 15.9. The molecule has 1 atom stereocenters. The minimum absolute atomic E-state index is 0.506. The number of benzene rings is 1. The van der Waals surface area contributed by atoms with Crippen LogP contribution in [-0.4, -0.2) is 13.1 Å². The van der Waals surface area contributed by atoms with E-state index in [1.54, 1.807) is 0 Å². The van der Waals surface area contributed by atoms with Gasteiger partial charge >= 0.3 is 0 Å². The summed E-state index contributed by atoms with van der Waals surface area (Å²) in [6, 6.07) is 6.99. The summed E-state index contributed by atoms with van der Waals surface area (Å²) < 4.78 is 0. The summed E-state index contributed by atoms with van der Waals surface area (Å²) >= 11 is 0. The van der Waals surface area contributed by atoms with Crippen molar-refractivity contribution in [1.82, 2.24) is 0 Å². The highest BCUT2D eigenvalue weighted by Crippen LogP contribution is 2.28. The fourth-order valence-electron chi connectivity index (χ4n) is 3.24. The molecule has 2 heteroatoms. The third-order valence-electron chi connectivity index (χ3n) is 4.90. The maximum absolute atomic E-state index is 5.85. The molecule has 1 aromatic rings. The Balaban J connectivity index is 2.03. The van der Waals surface area contributed by atoms with E-state index >= 15 is 0 Å². The summed E-state index contributed by atoms with van der Waals surface area (Å²) in [6.45, 7) is 12.9. The van der Waals surface area contributed by atoms with E-state index in [1.807, 2.05) is 0 Å². The van der Waals surface area contributed by atoms with Crippen molar-refractivity contribution in [2.24, 2.45) is 17.6 Å². The minimum Gasteiger partial charge on any atom is -0.402 e. The van der Waals surface area contributed by atoms with E-state index in [-0.39, 0.29) is 0 Å². The topological polar surface area (TPSA) is 29.3 Å². The molecule has 1 unspecified atom stereocenters. The molecule has 2 nitrogen and oxygen atoms in total. The van der Waals surface area contributed by atoms with Gasteiger partial charge in [-0.25, -0.2) is 0 Å². The molecule has 1 saturated heterocycles. The van der Waals surface area contributed by atoms with Crippen molar-refractivity contribution in [1.29, 1.82) is 0 Å². The quantitative estimate of drug-likeness (QED) is 0.875. The minimum atomic E-state index is 0.506. The summed E-state index contributed by atoms with van der Waals surface area (Å²) in [5.74, 6) is 1.27. The molecule has 1 aliphatic heterocycles. The summed E-state index contributed by atoms with van der Waals surface area (Å²) in [4.78, 5) is 2.50. The lowest BCUT2D eigenvalue weighted by molar-refractivity contribution is 0.456. The van der Waals surface area contributed by atoms with Crippen LogP contribution in [0.25, 0.3) is 0 Å². The number of nitrogens with two attached hydrogens (primary N) is 1. The second-order valence-electron chi connectivity index (χ2n) is 6.67. The number of nitrogens with zero attached hydrogens (tertiary/aromatic N) is 1. The molecule has 0 amide bonds. The highest BCUT2D eigenvalue weighted by molar-refractivity contribution is 5.55. The predicted molar refractivity (Wildman–Crippen MR) is 92.6 cm³/mol. The largest absolute Gasteiger partial charge is 0.402 e. The van der Waals surface area contributed by atoms with Crippen LogP contribution >= 0.6 is 0 Å². The molecule has 2 N–H and O–H groups in total. The van der Waals surface area contributed by atoms with Crippen molar-refractivity contribution < 1.29 is 0 Å². The van der Waals surface area contributed by atoms with Gasteiger partial charge in [-0.3, -0.25) is 0 Å². The fraction of sp³-hybridized carbons (Fsp3) is 0.579. The van der Waals surface area contributed by atoms with Crippen LogP contribution in [-0.2, 0) is 6.42 Å². The summed E-state index contributed by atoms with van der Waals surface area (Å²) in [7, 11) is 0. The van der Waals surface area contributed by atoms with Gasteiger partial charge in [-0.15, -0.1) is 0 Å². The molecule has 0 radical (unpaired) electrons. The number of allylic oxidation sites excluding steroid dienone is 1. The molecule has 21 heavy (non-hydrogen) atoms. The lowest BCUT2D eigenvalue weighted by atomic mass is 9.93. The first-order chi connectivity index (χ1) is 10.0. The average molecular weight is 286 g/mol. The number of piperidine rings is 1. The number of aryl methyl sites for hydroxylation is 1. The molecule has 1 aromatic carbocycles. The summed E-state index contributed by atoms with van der Waals surface area (Å²) in [5, 5.41) is 0. The Hall–Kier alpha value is -1.44. The maximum Gasteiger partial charge on any atom is 0.0396 e. The second-order valence-corrected chi connectivity index (χ2v) is 6.67. The number of anilines is 1. The molecule has 116 valence electrons. The first-order valence-electron chi connectivity index (χ1n) is 8.30. The van der Waals surface area contributed by atoms with Crippen molar-refractivity contribution in [3.8, 4) is 0 Å². The van der Waals surface area contributed by atoms with Crippen molar-refractivity contribution in [2.75, 3.05) is 18.0 Å². The van der Waals surface area contributed by atoms with Gasteiger partial charge in [0.05, 0.1) is 0 Å². The van der Waals surface area contributed by atoms with Crippen molar-refractivity contribution in [3.05, 3.63) is 41.6 Å². The van der Waals surface area contributed by atoms with E-state index in [2.05, 4.69) is 50.4 Å². The highest BCUT2D eigenvalue weighted by Gasteiger charge is 2.21. The smallest absolute Gasteiger partial charge is 0.0396 e. The predicted octanol–water partition coefficient (Wildman–Crippen LogP) is 4.27. The van der Waals surface area contributed by atoms with Crippen LogP contribution < -0.4 is 10.6 Å². The number of hydrogen-bond donors (Lipinski definition) is 1. The Morgan fingerprint density at radius 2 is 2.05 bits per heavy atom. The van der Waals surface area contributed by atoms with Gasteiger partial charge in [-0.1, -0.05) is 39.0 Å². The van der Waals surface area contributed by atoms with Crippen LogP contribution in [0.2, 0.25) is 0 Å². The van der Waals surface area contributed by atoms with Gasteiger partial charge in [0.1, 0.15) is 0 Å². The molecule has 1 aliphatic rings. The molecule has 0 spiro atoms. The van der Waals surface area contributed by atoms with E-state index in [9.17, 15) is 0 Å². The van der Waals surface area contributed by atoms with Gasteiger partial charge in [0.2, 0.25) is 0 Å². The molecule has 1 fully saturated rings. The highest BCUT2D eigenvalue weighted by atomic mass is 15.1. The third kappa shape index (κ3) is 4.03. The zero-order chi connectivity index (χ0) is 15.4.